The zero-order valence-electron chi connectivity index (χ0n) is 9.59. The highest BCUT2D eigenvalue weighted by Gasteiger charge is 2.45. The third-order valence-electron chi connectivity index (χ3n) is 4.05. The van der Waals surface area contributed by atoms with Crippen LogP contribution in [0.1, 0.15) is 26.2 Å². The largest absolute Gasteiger partial charge is 0.380 e. The minimum absolute atomic E-state index is 0.367. The monoisotopic (exact) mass is 236 g/mol. The van der Waals surface area contributed by atoms with E-state index in [2.05, 4.69) is 23.2 Å². The summed E-state index contributed by atoms with van der Waals surface area (Å²) in [5, 5.41) is 4.35. The molecule has 2 aliphatic rings. The van der Waals surface area contributed by atoms with Gasteiger partial charge in [-0.1, -0.05) is 17.7 Å². The van der Waals surface area contributed by atoms with Crippen molar-refractivity contribution < 1.29 is 0 Å². The van der Waals surface area contributed by atoms with Crippen LogP contribution in [0.2, 0.25) is 5.02 Å². The van der Waals surface area contributed by atoms with Crippen LogP contribution in [0, 0.1) is 0 Å². The van der Waals surface area contributed by atoms with Crippen LogP contribution in [0.5, 0.6) is 0 Å². The molecule has 1 N–H and O–H groups in total. The Balaban J connectivity index is 2.07. The lowest BCUT2D eigenvalue weighted by Crippen LogP contribution is -2.60. The van der Waals surface area contributed by atoms with Crippen LogP contribution in [0.4, 0.5) is 11.4 Å². The number of benzene rings is 1. The van der Waals surface area contributed by atoms with Crippen molar-refractivity contribution in [2.45, 2.75) is 31.7 Å². The van der Waals surface area contributed by atoms with E-state index in [4.69, 9.17) is 11.6 Å². The molecule has 1 aromatic carbocycles. The molecule has 2 nitrogen and oxygen atoms in total. The van der Waals surface area contributed by atoms with Gasteiger partial charge in [0.2, 0.25) is 0 Å². The van der Waals surface area contributed by atoms with E-state index in [0.717, 1.165) is 23.8 Å². The number of nitrogens with one attached hydrogen (secondary N) is 1. The Labute approximate surface area is 102 Å². The molecule has 0 amide bonds. The molecule has 86 valence electrons. The van der Waals surface area contributed by atoms with E-state index >= 15 is 0 Å². The molecule has 3 heteroatoms. The maximum atomic E-state index is 6.23. The first-order valence-corrected chi connectivity index (χ1v) is 6.45. The van der Waals surface area contributed by atoms with E-state index in [9.17, 15) is 0 Å². The molecule has 0 aromatic heterocycles. The fourth-order valence-electron chi connectivity index (χ4n) is 3.05. The van der Waals surface area contributed by atoms with Crippen LogP contribution in [0.25, 0.3) is 0 Å². The predicted molar refractivity (Wildman–Crippen MR) is 69.5 cm³/mol. The molecule has 0 saturated heterocycles. The summed E-state index contributed by atoms with van der Waals surface area (Å²) in [6.07, 6.45) is 3.97. The predicted octanol–water partition coefficient (Wildman–Crippen LogP) is 3.51. The summed E-state index contributed by atoms with van der Waals surface area (Å²) in [4.78, 5) is 2.54. The molecule has 1 fully saturated rings. The Hall–Kier alpha value is -0.890. The van der Waals surface area contributed by atoms with Gasteiger partial charge in [0, 0.05) is 13.1 Å². The second kappa shape index (κ2) is 3.56. The van der Waals surface area contributed by atoms with Crippen molar-refractivity contribution in [1.29, 1.82) is 0 Å². The van der Waals surface area contributed by atoms with Gasteiger partial charge < -0.3 is 10.2 Å². The van der Waals surface area contributed by atoms with Gasteiger partial charge in [-0.25, -0.2) is 0 Å². The first kappa shape index (κ1) is 10.3. The summed E-state index contributed by atoms with van der Waals surface area (Å²) >= 11 is 6.23. The first-order valence-electron chi connectivity index (χ1n) is 6.07. The first-order chi connectivity index (χ1) is 7.77. The summed E-state index contributed by atoms with van der Waals surface area (Å²) in [6.45, 7) is 4.34. The zero-order valence-corrected chi connectivity index (χ0v) is 10.3. The number of fused-ring (bicyclic) bond motifs is 1. The molecule has 1 heterocycles. The molecule has 1 spiro atoms. The lowest BCUT2D eigenvalue weighted by Gasteiger charge is -2.54. The van der Waals surface area contributed by atoms with Crippen molar-refractivity contribution in [2.24, 2.45) is 0 Å². The summed E-state index contributed by atoms with van der Waals surface area (Å²) in [5.74, 6) is 0. The maximum absolute atomic E-state index is 6.23. The number of halogens is 1. The Morgan fingerprint density at radius 3 is 2.88 bits per heavy atom. The average molecular weight is 237 g/mol. The van der Waals surface area contributed by atoms with Crippen molar-refractivity contribution in [1.82, 2.24) is 0 Å². The van der Waals surface area contributed by atoms with E-state index in [-0.39, 0.29) is 0 Å². The lowest BCUT2D eigenvalue weighted by molar-refractivity contribution is 0.240. The number of hydrogen-bond acceptors (Lipinski definition) is 2. The van der Waals surface area contributed by atoms with E-state index < -0.39 is 0 Å². The molecule has 0 radical (unpaired) electrons. The van der Waals surface area contributed by atoms with Crippen LogP contribution in [-0.4, -0.2) is 18.6 Å². The van der Waals surface area contributed by atoms with Crippen molar-refractivity contribution >= 4 is 23.0 Å². The second-order valence-electron chi connectivity index (χ2n) is 4.81. The number of nitrogens with zero attached hydrogens (tertiary/aromatic N) is 1. The Morgan fingerprint density at radius 2 is 2.25 bits per heavy atom. The molecule has 1 aliphatic carbocycles. The topological polar surface area (TPSA) is 15.3 Å². The van der Waals surface area contributed by atoms with Gasteiger partial charge in [0.05, 0.1) is 21.9 Å². The molecular formula is C13H17ClN2. The fourth-order valence-corrected chi connectivity index (χ4v) is 3.29. The highest BCUT2D eigenvalue weighted by molar-refractivity contribution is 6.34. The van der Waals surface area contributed by atoms with Gasteiger partial charge in [0.25, 0.3) is 0 Å². The molecule has 3 rings (SSSR count). The smallest absolute Gasteiger partial charge is 0.0768 e. The number of anilines is 2. The summed E-state index contributed by atoms with van der Waals surface area (Å²) in [6, 6.07) is 6.18. The molecule has 0 unspecified atom stereocenters. The SMILES string of the molecule is CCN1c2cccc(Cl)c2NCC12CCC2. The fraction of sp³-hybridized carbons (Fsp3) is 0.538. The summed E-state index contributed by atoms with van der Waals surface area (Å²) in [7, 11) is 0. The highest BCUT2D eigenvalue weighted by atomic mass is 35.5. The molecule has 1 saturated carbocycles. The normalized spacial score (nSPS) is 21.2. The quantitative estimate of drug-likeness (QED) is 0.803. The molecule has 0 bridgehead atoms. The third kappa shape index (κ3) is 1.26. The van der Waals surface area contributed by atoms with Gasteiger partial charge in [0.15, 0.2) is 0 Å². The molecule has 1 aliphatic heterocycles. The van der Waals surface area contributed by atoms with Gasteiger partial charge in [-0.05, 0) is 38.3 Å². The lowest BCUT2D eigenvalue weighted by atomic mass is 9.73. The van der Waals surface area contributed by atoms with Crippen molar-refractivity contribution in [3.8, 4) is 0 Å². The zero-order chi connectivity index (χ0) is 11.2. The molecular weight excluding hydrogens is 220 g/mol. The number of likely N-dealkylation sites (N-methyl/N-ethyl adjacent to an activating group) is 1. The van der Waals surface area contributed by atoms with Crippen LogP contribution in [0.15, 0.2) is 18.2 Å². The minimum Gasteiger partial charge on any atom is -0.380 e. The van der Waals surface area contributed by atoms with Gasteiger partial charge in [-0.15, -0.1) is 0 Å². The molecule has 0 atom stereocenters. The van der Waals surface area contributed by atoms with E-state index in [1.807, 2.05) is 12.1 Å². The average Bonchev–Trinajstić information content (AvgIpc) is 2.25. The van der Waals surface area contributed by atoms with E-state index in [1.165, 1.54) is 24.9 Å². The van der Waals surface area contributed by atoms with E-state index in [0.29, 0.717) is 5.54 Å². The Kier molecular flexibility index (Phi) is 2.28. The third-order valence-corrected chi connectivity index (χ3v) is 4.36. The Morgan fingerprint density at radius 1 is 1.44 bits per heavy atom. The van der Waals surface area contributed by atoms with Crippen LogP contribution >= 0.6 is 11.6 Å². The van der Waals surface area contributed by atoms with Gasteiger partial charge in [-0.2, -0.15) is 0 Å². The van der Waals surface area contributed by atoms with E-state index in [1.54, 1.807) is 0 Å². The van der Waals surface area contributed by atoms with Crippen LogP contribution in [-0.2, 0) is 0 Å². The van der Waals surface area contributed by atoms with Gasteiger partial charge in [-0.3, -0.25) is 0 Å². The van der Waals surface area contributed by atoms with Crippen LogP contribution < -0.4 is 10.2 Å². The summed E-state index contributed by atoms with van der Waals surface area (Å²) < 4.78 is 0. The van der Waals surface area contributed by atoms with Crippen molar-refractivity contribution in [2.75, 3.05) is 23.3 Å². The van der Waals surface area contributed by atoms with Crippen molar-refractivity contribution in [3.63, 3.8) is 0 Å². The molecule has 1 aromatic rings. The number of para-hydroxylation sites is 1. The van der Waals surface area contributed by atoms with Crippen LogP contribution in [0.3, 0.4) is 0 Å². The maximum Gasteiger partial charge on any atom is 0.0768 e. The number of rotatable bonds is 1. The van der Waals surface area contributed by atoms with Gasteiger partial charge >= 0.3 is 0 Å². The standard InChI is InChI=1S/C13H17ClN2/c1-2-16-11-6-3-5-10(14)12(11)15-9-13(16)7-4-8-13/h3,5-6,15H,2,4,7-9H2,1H3. The Bertz CT molecular complexity index is 412. The second-order valence-corrected chi connectivity index (χ2v) is 5.22. The van der Waals surface area contributed by atoms with Crippen molar-refractivity contribution in [3.05, 3.63) is 23.2 Å². The van der Waals surface area contributed by atoms with Gasteiger partial charge in [0.1, 0.15) is 0 Å². The summed E-state index contributed by atoms with van der Waals surface area (Å²) in [5.41, 5.74) is 2.76. The minimum atomic E-state index is 0.367. The highest BCUT2D eigenvalue weighted by Crippen LogP contribution is 2.47. The number of hydrogen-bond donors (Lipinski definition) is 1. The molecule has 16 heavy (non-hydrogen) atoms.